The minimum Gasteiger partial charge on any atom is -0.253 e. The summed E-state index contributed by atoms with van der Waals surface area (Å²) < 4.78 is 0. The molecule has 0 aliphatic heterocycles. The Labute approximate surface area is 93.1 Å². The Morgan fingerprint density at radius 1 is 1.27 bits per heavy atom. The second kappa shape index (κ2) is 4.29. The highest BCUT2D eigenvalue weighted by molar-refractivity contribution is 6.31. The highest BCUT2D eigenvalue weighted by atomic mass is 35.5. The number of aryl methyl sites for hydroxylation is 1. The summed E-state index contributed by atoms with van der Waals surface area (Å²) in [4.78, 5) is 4.44. The Morgan fingerprint density at radius 3 is 2.87 bits per heavy atom. The molecule has 0 unspecified atom stereocenters. The summed E-state index contributed by atoms with van der Waals surface area (Å²) in [6.07, 6.45) is 1.19. The Bertz CT molecular complexity index is 529. The molecule has 15 heavy (non-hydrogen) atoms. The van der Waals surface area contributed by atoms with Crippen LogP contribution in [0.5, 0.6) is 0 Å². The normalized spacial score (nSPS) is 10.1. The van der Waals surface area contributed by atoms with Crippen LogP contribution in [0.15, 0.2) is 30.3 Å². The van der Waals surface area contributed by atoms with E-state index in [0.29, 0.717) is 17.9 Å². The summed E-state index contributed by atoms with van der Waals surface area (Å²) in [5.41, 5.74) is 1.82. The summed E-state index contributed by atoms with van der Waals surface area (Å²) in [5.74, 6) is 0. The van der Waals surface area contributed by atoms with E-state index in [0.717, 1.165) is 16.6 Å². The van der Waals surface area contributed by atoms with Crippen molar-refractivity contribution in [2.75, 3.05) is 0 Å². The lowest BCUT2D eigenvalue weighted by Gasteiger charge is -2.01. The van der Waals surface area contributed by atoms with Crippen LogP contribution in [-0.4, -0.2) is 4.98 Å². The lowest BCUT2D eigenvalue weighted by molar-refractivity contribution is 0.963. The molecule has 0 bridgehead atoms. The van der Waals surface area contributed by atoms with Crippen LogP contribution in [0.25, 0.3) is 10.9 Å². The molecule has 0 radical (unpaired) electrons. The van der Waals surface area contributed by atoms with E-state index in [1.54, 1.807) is 0 Å². The number of halogens is 1. The molecule has 0 amide bonds. The van der Waals surface area contributed by atoms with E-state index >= 15 is 0 Å². The molecule has 2 aromatic rings. The van der Waals surface area contributed by atoms with Crippen molar-refractivity contribution in [2.24, 2.45) is 0 Å². The molecule has 1 aromatic heterocycles. The predicted molar refractivity (Wildman–Crippen MR) is 60.7 cm³/mol. The van der Waals surface area contributed by atoms with Gasteiger partial charge in [0.2, 0.25) is 0 Å². The van der Waals surface area contributed by atoms with Crippen molar-refractivity contribution >= 4 is 22.5 Å². The van der Waals surface area contributed by atoms with Crippen molar-refractivity contribution in [3.05, 3.63) is 41.0 Å². The van der Waals surface area contributed by atoms with E-state index in [1.165, 1.54) is 0 Å². The van der Waals surface area contributed by atoms with E-state index < -0.39 is 0 Å². The van der Waals surface area contributed by atoms with E-state index in [9.17, 15) is 0 Å². The number of hydrogen-bond acceptors (Lipinski definition) is 2. The third kappa shape index (κ3) is 2.26. The van der Waals surface area contributed by atoms with Gasteiger partial charge in [-0.15, -0.1) is 0 Å². The molecule has 0 aliphatic rings. The molecular formula is C12H9ClN2. The number of fused-ring (bicyclic) bond motifs is 1. The van der Waals surface area contributed by atoms with Gasteiger partial charge in [-0.2, -0.15) is 5.26 Å². The molecule has 2 rings (SSSR count). The van der Waals surface area contributed by atoms with Crippen LogP contribution >= 0.6 is 11.6 Å². The zero-order chi connectivity index (χ0) is 10.7. The van der Waals surface area contributed by atoms with Gasteiger partial charge in [0.1, 0.15) is 0 Å². The van der Waals surface area contributed by atoms with Gasteiger partial charge in [0.15, 0.2) is 0 Å². The van der Waals surface area contributed by atoms with Crippen molar-refractivity contribution in [3.8, 4) is 6.07 Å². The van der Waals surface area contributed by atoms with E-state index in [-0.39, 0.29) is 0 Å². The Hall–Kier alpha value is -1.59. The SMILES string of the molecule is N#CCCc1ccc2ccc(Cl)cc2n1. The third-order valence-corrected chi connectivity index (χ3v) is 2.44. The first-order chi connectivity index (χ1) is 7.29. The van der Waals surface area contributed by atoms with Gasteiger partial charge in [0.05, 0.1) is 11.6 Å². The number of nitriles is 1. The summed E-state index contributed by atoms with van der Waals surface area (Å²) >= 11 is 5.88. The first-order valence-corrected chi connectivity index (χ1v) is 5.09. The van der Waals surface area contributed by atoms with Crippen LogP contribution in [0.1, 0.15) is 12.1 Å². The zero-order valence-corrected chi connectivity index (χ0v) is 8.83. The van der Waals surface area contributed by atoms with Crippen molar-refractivity contribution in [3.63, 3.8) is 0 Å². The molecule has 0 saturated carbocycles. The maximum Gasteiger partial charge on any atom is 0.0720 e. The van der Waals surface area contributed by atoms with Crippen molar-refractivity contribution < 1.29 is 0 Å². The van der Waals surface area contributed by atoms with Gasteiger partial charge in [-0.25, -0.2) is 0 Å². The minimum atomic E-state index is 0.499. The molecule has 1 heterocycles. The van der Waals surface area contributed by atoms with E-state index in [2.05, 4.69) is 11.1 Å². The number of benzene rings is 1. The molecule has 0 atom stereocenters. The first-order valence-electron chi connectivity index (χ1n) is 4.72. The molecule has 1 aromatic carbocycles. The topological polar surface area (TPSA) is 36.7 Å². The number of pyridine rings is 1. The lowest BCUT2D eigenvalue weighted by Crippen LogP contribution is -1.89. The third-order valence-electron chi connectivity index (χ3n) is 2.20. The minimum absolute atomic E-state index is 0.499. The van der Waals surface area contributed by atoms with Crippen molar-refractivity contribution in [2.45, 2.75) is 12.8 Å². The number of hydrogen-bond donors (Lipinski definition) is 0. The molecule has 74 valence electrons. The molecule has 0 N–H and O–H groups in total. The van der Waals surface area contributed by atoms with E-state index in [1.807, 2.05) is 30.3 Å². The number of aromatic nitrogens is 1. The van der Waals surface area contributed by atoms with Crippen LogP contribution in [0.4, 0.5) is 0 Å². The van der Waals surface area contributed by atoms with Crippen LogP contribution < -0.4 is 0 Å². The largest absolute Gasteiger partial charge is 0.253 e. The zero-order valence-electron chi connectivity index (χ0n) is 8.07. The van der Waals surface area contributed by atoms with Crippen molar-refractivity contribution in [1.29, 1.82) is 5.26 Å². The van der Waals surface area contributed by atoms with Crippen LogP contribution in [0, 0.1) is 11.3 Å². The molecule has 3 heteroatoms. The van der Waals surface area contributed by atoms with Crippen LogP contribution in [-0.2, 0) is 6.42 Å². The fourth-order valence-electron chi connectivity index (χ4n) is 1.46. The van der Waals surface area contributed by atoms with Gasteiger partial charge in [-0.1, -0.05) is 23.7 Å². The molecule has 2 nitrogen and oxygen atoms in total. The van der Waals surface area contributed by atoms with Gasteiger partial charge in [-0.3, -0.25) is 4.98 Å². The monoisotopic (exact) mass is 216 g/mol. The van der Waals surface area contributed by atoms with E-state index in [4.69, 9.17) is 16.9 Å². The standard InChI is InChI=1S/C12H9ClN2/c13-10-5-3-9-4-6-11(2-1-7-14)15-12(9)8-10/h3-6,8H,1-2H2. The molecule has 0 spiro atoms. The molecule has 0 fully saturated rings. The lowest BCUT2D eigenvalue weighted by atomic mass is 10.1. The molecule has 0 saturated heterocycles. The number of nitrogens with zero attached hydrogens (tertiary/aromatic N) is 2. The molecule has 0 aliphatic carbocycles. The van der Waals surface area contributed by atoms with Gasteiger partial charge in [0, 0.05) is 28.9 Å². The fraction of sp³-hybridized carbons (Fsp3) is 0.167. The maximum atomic E-state index is 8.49. The fourth-order valence-corrected chi connectivity index (χ4v) is 1.62. The average molecular weight is 217 g/mol. The van der Waals surface area contributed by atoms with Gasteiger partial charge >= 0.3 is 0 Å². The van der Waals surface area contributed by atoms with Crippen LogP contribution in [0.3, 0.4) is 0 Å². The van der Waals surface area contributed by atoms with Gasteiger partial charge in [-0.05, 0) is 18.2 Å². The van der Waals surface area contributed by atoms with Crippen LogP contribution in [0.2, 0.25) is 5.02 Å². The highest BCUT2D eigenvalue weighted by Crippen LogP contribution is 2.18. The van der Waals surface area contributed by atoms with Gasteiger partial charge < -0.3 is 0 Å². The highest BCUT2D eigenvalue weighted by Gasteiger charge is 1.99. The summed E-state index contributed by atoms with van der Waals surface area (Å²) in [7, 11) is 0. The quantitative estimate of drug-likeness (QED) is 0.772. The first kappa shape index (κ1) is 9.95. The summed E-state index contributed by atoms with van der Waals surface area (Å²) in [6, 6.07) is 11.7. The second-order valence-corrected chi connectivity index (χ2v) is 3.73. The average Bonchev–Trinajstić information content (AvgIpc) is 2.25. The maximum absolute atomic E-state index is 8.49. The molecular weight excluding hydrogens is 208 g/mol. The summed E-state index contributed by atoms with van der Waals surface area (Å²) in [6.45, 7) is 0. The smallest absolute Gasteiger partial charge is 0.0720 e. The Balaban J connectivity index is 2.41. The Morgan fingerprint density at radius 2 is 2.07 bits per heavy atom. The van der Waals surface area contributed by atoms with Gasteiger partial charge in [0.25, 0.3) is 0 Å². The number of rotatable bonds is 2. The van der Waals surface area contributed by atoms with Crippen molar-refractivity contribution in [1.82, 2.24) is 4.98 Å². The Kier molecular flexibility index (Phi) is 2.84. The summed E-state index contributed by atoms with van der Waals surface area (Å²) in [5, 5.41) is 10.2. The second-order valence-electron chi connectivity index (χ2n) is 3.30. The predicted octanol–water partition coefficient (Wildman–Crippen LogP) is 3.34.